The Bertz CT molecular complexity index is 493. The first-order valence-electron chi connectivity index (χ1n) is 7.60. The fourth-order valence-electron chi connectivity index (χ4n) is 2.34. The molecule has 1 aromatic rings. The van der Waals surface area contributed by atoms with E-state index in [9.17, 15) is 4.79 Å². The number of ether oxygens (including phenoxy) is 3. The Balaban J connectivity index is 0.00000264. The Morgan fingerprint density at radius 3 is 2.91 bits per heavy atom. The Morgan fingerprint density at radius 1 is 1.43 bits per heavy atom. The minimum atomic E-state index is 0. The van der Waals surface area contributed by atoms with Crippen molar-refractivity contribution in [2.45, 2.75) is 25.9 Å². The number of methoxy groups -OCH3 is 1. The summed E-state index contributed by atoms with van der Waals surface area (Å²) in [5.41, 5.74) is 0.974. The van der Waals surface area contributed by atoms with E-state index in [0.29, 0.717) is 44.3 Å². The Morgan fingerprint density at radius 2 is 2.26 bits per heavy atom. The molecule has 2 N–H and O–H groups in total. The van der Waals surface area contributed by atoms with E-state index < -0.39 is 0 Å². The van der Waals surface area contributed by atoms with E-state index in [-0.39, 0.29) is 24.4 Å². The summed E-state index contributed by atoms with van der Waals surface area (Å²) in [4.78, 5) is 11.9. The first kappa shape index (κ1) is 19.5. The molecule has 7 heteroatoms. The van der Waals surface area contributed by atoms with Crippen LogP contribution in [-0.2, 0) is 16.1 Å². The number of carbonyl (C=O) groups is 1. The SMILES string of the molecule is CCOc1ccc(CNC(=O)CC2COCCN2)cc1OC.Cl. The smallest absolute Gasteiger partial charge is 0.221 e. The maximum Gasteiger partial charge on any atom is 0.221 e. The van der Waals surface area contributed by atoms with E-state index in [4.69, 9.17) is 14.2 Å². The largest absolute Gasteiger partial charge is 0.493 e. The second kappa shape index (κ2) is 10.3. The van der Waals surface area contributed by atoms with Crippen molar-refractivity contribution in [3.8, 4) is 11.5 Å². The zero-order valence-electron chi connectivity index (χ0n) is 13.6. The molecule has 1 aromatic carbocycles. The van der Waals surface area contributed by atoms with Crippen LogP contribution >= 0.6 is 12.4 Å². The molecule has 0 bridgehead atoms. The van der Waals surface area contributed by atoms with Crippen LogP contribution in [0.2, 0.25) is 0 Å². The van der Waals surface area contributed by atoms with E-state index in [0.717, 1.165) is 12.1 Å². The van der Waals surface area contributed by atoms with E-state index in [1.807, 2.05) is 25.1 Å². The second-order valence-corrected chi connectivity index (χ2v) is 5.13. The summed E-state index contributed by atoms with van der Waals surface area (Å²) in [6.07, 6.45) is 0.425. The van der Waals surface area contributed by atoms with Crippen LogP contribution in [0, 0.1) is 0 Å². The number of hydrogen-bond donors (Lipinski definition) is 2. The van der Waals surface area contributed by atoms with Gasteiger partial charge < -0.3 is 24.8 Å². The Hall–Kier alpha value is -1.50. The third-order valence-electron chi connectivity index (χ3n) is 3.45. The highest BCUT2D eigenvalue weighted by atomic mass is 35.5. The Kier molecular flexibility index (Phi) is 8.76. The minimum absolute atomic E-state index is 0. The number of morpholine rings is 1. The van der Waals surface area contributed by atoms with Crippen molar-refractivity contribution in [3.63, 3.8) is 0 Å². The van der Waals surface area contributed by atoms with Crippen LogP contribution in [-0.4, -0.2) is 45.4 Å². The van der Waals surface area contributed by atoms with Crippen LogP contribution in [0.5, 0.6) is 11.5 Å². The summed E-state index contributed by atoms with van der Waals surface area (Å²) < 4.78 is 16.1. The van der Waals surface area contributed by atoms with Crippen molar-refractivity contribution in [2.75, 3.05) is 33.5 Å². The lowest BCUT2D eigenvalue weighted by Crippen LogP contribution is -2.44. The van der Waals surface area contributed by atoms with Crippen molar-refractivity contribution in [1.82, 2.24) is 10.6 Å². The monoisotopic (exact) mass is 344 g/mol. The van der Waals surface area contributed by atoms with Gasteiger partial charge in [0.05, 0.1) is 26.9 Å². The van der Waals surface area contributed by atoms with Gasteiger partial charge in [0, 0.05) is 25.6 Å². The van der Waals surface area contributed by atoms with Crippen LogP contribution in [0.25, 0.3) is 0 Å². The first-order chi connectivity index (χ1) is 10.7. The predicted octanol–water partition coefficient (Wildman–Crippen LogP) is 1.51. The van der Waals surface area contributed by atoms with Crippen LogP contribution in [0.15, 0.2) is 18.2 Å². The summed E-state index contributed by atoms with van der Waals surface area (Å²) in [7, 11) is 1.61. The number of benzene rings is 1. The number of nitrogens with one attached hydrogen (secondary N) is 2. The van der Waals surface area contributed by atoms with Gasteiger partial charge in [-0.25, -0.2) is 0 Å². The van der Waals surface area contributed by atoms with Crippen molar-refractivity contribution >= 4 is 18.3 Å². The summed E-state index contributed by atoms with van der Waals surface area (Å²) in [5, 5.41) is 6.18. The third kappa shape index (κ3) is 6.25. The molecule has 1 unspecified atom stereocenters. The summed E-state index contributed by atoms with van der Waals surface area (Å²) >= 11 is 0. The number of halogens is 1. The van der Waals surface area contributed by atoms with E-state index in [1.165, 1.54) is 0 Å². The molecular weight excluding hydrogens is 320 g/mol. The molecule has 2 rings (SSSR count). The highest BCUT2D eigenvalue weighted by Gasteiger charge is 2.16. The quantitative estimate of drug-likeness (QED) is 0.784. The lowest BCUT2D eigenvalue weighted by molar-refractivity contribution is -0.122. The zero-order chi connectivity index (χ0) is 15.8. The standard InChI is InChI=1S/C16H24N2O4.ClH/c1-3-22-14-5-4-12(8-15(14)20-2)10-18-16(19)9-13-11-21-7-6-17-13;/h4-5,8,13,17H,3,6-7,9-11H2,1-2H3,(H,18,19);1H. The van der Waals surface area contributed by atoms with Gasteiger partial charge >= 0.3 is 0 Å². The van der Waals surface area contributed by atoms with Gasteiger partial charge in [0.15, 0.2) is 11.5 Å². The molecule has 1 saturated heterocycles. The molecule has 130 valence electrons. The fraction of sp³-hybridized carbons (Fsp3) is 0.562. The molecular formula is C16H25ClN2O4. The number of amides is 1. The molecule has 0 radical (unpaired) electrons. The van der Waals surface area contributed by atoms with Gasteiger partial charge in [-0.3, -0.25) is 4.79 Å². The normalized spacial score (nSPS) is 17.0. The average molecular weight is 345 g/mol. The second-order valence-electron chi connectivity index (χ2n) is 5.13. The van der Waals surface area contributed by atoms with Crippen molar-refractivity contribution < 1.29 is 19.0 Å². The summed E-state index contributed by atoms with van der Waals surface area (Å²) in [6, 6.07) is 5.77. The lowest BCUT2D eigenvalue weighted by Gasteiger charge is -2.23. The molecule has 0 saturated carbocycles. The molecule has 1 fully saturated rings. The van der Waals surface area contributed by atoms with Gasteiger partial charge in [-0.1, -0.05) is 6.07 Å². The van der Waals surface area contributed by atoms with Gasteiger partial charge in [-0.15, -0.1) is 12.4 Å². The first-order valence-corrected chi connectivity index (χ1v) is 7.60. The van der Waals surface area contributed by atoms with E-state index in [2.05, 4.69) is 10.6 Å². The summed E-state index contributed by atoms with van der Waals surface area (Å²) in [5.74, 6) is 1.40. The maximum absolute atomic E-state index is 11.9. The number of carbonyl (C=O) groups excluding carboxylic acids is 1. The maximum atomic E-state index is 11.9. The van der Waals surface area contributed by atoms with Crippen LogP contribution in [0.3, 0.4) is 0 Å². The molecule has 1 aliphatic heterocycles. The summed E-state index contributed by atoms with van der Waals surface area (Å²) in [6.45, 7) is 5.08. The third-order valence-corrected chi connectivity index (χ3v) is 3.45. The Labute approximate surface area is 143 Å². The molecule has 0 aliphatic carbocycles. The predicted molar refractivity (Wildman–Crippen MR) is 90.5 cm³/mol. The van der Waals surface area contributed by atoms with E-state index >= 15 is 0 Å². The fourth-order valence-corrected chi connectivity index (χ4v) is 2.34. The number of rotatable bonds is 7. The molecule has 1 atom stereocenters. The van der Waals surface area contributed by atoms with Crippen molar-refractivity contribution in [3.05, 3.63) is 23.8 Å². The highest BCUT2D eigenvalue weighted by Crippen LogP contribution is 2.27. The molecule has 1 amide bonds. The molecule has 0 spiro atoms. The van der Waals surface area contributed by atoms with Gasteiger partial charge in [-0.2, -0.15) is 0 Å². The van der Waals surface area contributed by atoms with Gasteiger partial charge in [-0.05, 0) is 24.6 Å². The van der Waals surface area contributed by atoms with Crippen LogP contribution < -0.4 is 20.1 Å². The van der Waals surface area contributed by atoms with Gasteiger partial charge in [0.1, 0.15) is 0 Å². The topological polar surface area (TPSA) is 68.8 Å². The lowest BCUT2D eigenvalue weighted by atomic mass is 10.1. The van der Waals surface area contributed by atoms with Gasteiger partial charge in [0.2, 0.25) is 5.91 Å². The zero-order valence-corrected chi connectivity index (χ0v) is 14.4. The molecule has 1 aliphatic rings. The van der Waals surface area contributed by atoms with Gasteiger partial charge in [0.25, 0.3) is 0 Å². The minimum Gasteiger partial charge on any atom is -0.493 e. The molecule has 23 heavy (non-hydrogen) atoms. The highest BCUT2D eigenvalue weighted by molar-refractivity contribution is 5.85. The molecule has 0 aromatic heterocycles. The van der Waals surface area contributed by atoms with Crippen molar-refractivity contribution in [2.24, 2.45) is 0 Å². The molecule has 1 heterocycles. The number of hydrogen-bond acceptors (Lipinski definition) is 5. The van der Waals surface area contributed by atoms with Crippen LogP contribution in [0.1, 0.15) is 18.9 Å². The average Bonchev–Trinajstić information content (AvgIpc) is 2.55. The van der Waals surface area contributed by atoms with Crippen molar-refractivity contribution in [1.29, 1.82) is 0 Å². The van der Waals surface area contributed by atoms with Crippen LogP contribution in [0.4, 0.5) is 0 Å². The van der Waals surface area contributed by atoms with E-state index in [1.54, 1.807) is 7.11 Å². The molecule has 6 nitrogen and oxygen atoms in total.